The average Bonchev–Trinajstić information content (AvgIpc) is 3.16. The Balaban J connectivity index is 1.39. The molecule has 30 heavy (non-hydrogen) atoms. The fraction of sp³-hybridized carbons (Fsp3) is 0.318. The third kappa shape index (κ3) is 4.28. The van der Waals surface area contributed by atoms with Crippen molar-refractivity contribution < 1.29 is 14.5 Å². The molecule has 0 atom stereocenters. The van der Waals surface area contributed by atoms with E-state index < -0.39 is 4.92 Å². The molecule has 1 amide bonds. The van der Waals surface area contributed by atoms with E-state index in [0.29, 0.717) is 6.54 Å². The van der Waals surface area contributed by atoms with Crippen LogP contribution in [-0.4, -0.2) is 53.6 Å². The number of nitro groups is 1. The van der Waals surface area contributed by atoms with Crippen LogP contribution in [0.15, 0.2) is 54.7 Å². The Bertz CT molecular complexity index is 1050. The predicted octanol–water partition coefficient (Wildman–Crippen LogP) is 3.04. The van der Waals surface area contributed by atoms with Crippen molar-refractivity contribution in [3.8, 4) is 0 Å². The number of morpholine rings is 1. The highest BCUT2D eigenvalue weighted by molar-refractivity contribution is 5.85. The SMILES string of the molecule is CN(Cc1ccc(N2CCOCC2)cc1)C(=O)Cn1ccc2cc([N+](=O)[O-])ccc21. The summed E-state index contributed by atoms with van der Waals surface area (Å²) in [6.45, 7) is 3.99. The molecule has 1 aliphatic rings. The minimum atomic E-state index is -0.417. The number of carbonyl (C=O) groups excluding carboxylic acids is 1. The number of non-ortho nitro benzene ring substituents is 1. The molecule has 0 N–H and O–H groups in total. The number of benzene rings is 2. The summed E-state index contributed by atoms with van der Waals surface area (Å²) in [4.78, 5) is 27.2. The van der Waals surface area contributed by atoms with Crippen LogP contribution in [0.4, 0.5) is 11.4 Å². The molecule has 0 saturated carbocycles. The van der Waals surface area contributed by atoms with Gasteiger partial charge in [0, 0.05) is 61.6 Å². The number of nitro benzene ring substituents is 1. The van der Waals surface area contributed by atoms with Crippen LogP contribution in [0.5, 0.6) is 0 Å². The van der Waals surface area contributed by atoms with Gasteiger partial charge in [0.05, 0.1) is 18.1 Å². The van der Waals surface area contributed by atoms with Crippen LogP contribution in [0.25, 0.3) is 10.9 Å². The lowest BCUT2D eigenvalue weighted by atomic mass is 10.1. The molecule has 156 valence electrons. The van der Waals surface area contributed by atoms with Gasteiger partial charge in [0.15, 0.2) is 0 Å². The normalized spacial score (nSPS) is 14.1. The highest BCUT2D eigenvalue weighted by Crippen LogP contribution is 2.22. The summed E-state index contributed by atoms with van der Waals surface area (Å²) >= 11 is 0. The number of hydrogen-bond acceptors (Lipinski definition) is 5. The lowest BCUT2D eigenvalue weighted by Crippen LogP contribution is -2.36. The van der Waals surface area contributed by atoms with Gasteiger partial charge in [-0.05, 0) is 29.8 Å². The highest BCUT2D eigenvalue weighted by atomic mass is 16.6. The molecule has 0 radical (unpaired) electrons. The molecule has 3 aromatic rings. The van der Waals surface area contributed by atoms with E-state index in [4.69, 9.17) is 4.74 Å². The van der Waals surface area contributed by atoms with E-state index >= 15 is 0 Å². The van der Waals surface area contributed by atoms with Gasteiger partial charge < -0.3 is 19.1 Å². The van der Waals surface area contributed by atoms with Crippen LogP contribution in [0.2, 0.25) is 0 Å². The van der Waals surface area contributed by atoms with Crippen LogP contribution >= 0.6 is 0 Å². The summed E-state index contributed by atoms with van der Waals surface area (Å²) < 4.78 is 7.21. The first-order valence-corrected chi connectivity index (χ1v) is 9.90. The maximum absolute atomic E-state index is 12.7. The highest BCUT2D eigenvalue weighted by Gasteiger charge is 2.15. The fourth-order valence-electron chi connectivity index (χ4n) is 3.70. The van der Waals surface area contributed by atoms with Gasteiger partial charge in [-0.1, -0.05) is 12.1 Å². The van der Waals surface area contributed by atoms with E-state index in [1.54, 1.807) is 30.3 Å². The van der Waals surface area contributed by atoms with E-state index in [1.165, 1.54) is 17.8 Å². The van der Waals surface area contributed by atoms with Gasteiger partial charge in [0.25, 0.3) is 5.69 Å². The first-order valence-electron chi connectivity index (χ1n) is 9.90. The summed E-state index contributed by atoms with van der Waals surface area (Å²) in [5.41, 5.74) is 3.08. The quantitative estimate of drug-likeness (QED) is 0.463. The van der Waals surface area contributed by atoms with Crippen molar-refractivity contribution in [2.45, 2.75) is 13.1 Å². The van der Waals surface area contributed by atoms with Crippen molar-refractivity contribution in [2.24, 2.45) is 0 Å². The third-order valence-corrected chi connectivity index (χ3v) is 5.43. The first-order chi connectivity index (χ1) is 14.5. The standard InChI is InChI=1S/C22H24N4O4/c1-23(15-17-2-4-19(5-3-17)24-10-12-30-13-11-24)22(27)16-25-9-8-18-14-20(26(28)29)6-7-21(18)25/h2-9,14H,10-13,15-16H2,1H3. The first kappa shape index (κ1) is 19.9. The lowest BCUT2D eigenvalue weighted by Gasteiger charge is -2.29. The van der Waals surface area contributed by atoms with E-state index in [1.807, 2.05) is 4.57 Å². The van der Waals surface area contributed by atoms with Crippen molar-refractivity contribution in [1.82, 2.24) is 9.47 Å². The molecule has 0 spiro atoms. The zero-order valence-electron chi connectivity index (χ0n) is 16.9. The Kier molecular flexibility index (Phi) is 5.67. The molecule has 1 aromatic heterocycles. The van der Waals surface area contributed by atoms with Gasteiger partial charge >= 0.3 is 0 Å². The van der Waals surface area contributed by atoms with E-state index in [-0.39, 0.29) is 18.1 Å². The van der Waals surface area contributed by atoms with Crippen LogP contribution in [0, 0.1) is 10.1 Å². The van der Waals surface area contributed by atoms with Gasteiger partial charge in [-0.3, -0.25) is 14.9 Å². The van der Waals surface area contributed by atoms with Gasteiger partial charge in [0.1, 0.15) is 6.54 Å². The topological polar surface area (TPSA) is 80.8 Å². The summed E-state index contributed by atoms with van der Waals surface area (Å²) in [6.07, 6.45) is 1.79. The van der Waals surface area contributed by atoms with Crippen LogP contribution in [0.3, 0.4) is 0 Å². The molecule has 1 fully saturated rings. The monoisotopic (exact) mass is 408 g/mol. The zero-order chi connectivity index (χ0) is 21.1. The Labute approximate surface area is 174 Å². The Morgan fingerprint density at radius 2 is 1.87 bits per heavy atom. The van der Waals surface area contributed by atoms with Crippen LogP contribution in [0.1, 0.15) is 5.56 Å². The molecule has 0 bridgehead atoms. The molecule has 1 saturated heterocycles. The second-order valence-corrected chi connectivity index (χ2v) is 7.46. The third-order valence-electron chi connectivity index (χ3n) is 5.43. The van der Waals surface area contributed by atoms with Gasteiger partial charge in [-0.2, -0.15) is 0 Å². The number of anilines is 1. The zero-order valence-corrected chi connectivity index (χ0v) is 16.9. The van der Waals surface area contributed by atoms with Crippen LogP contribution < -0.4 is 4.90 Å². The number of fused-ring (bicyclic) bond motifs is 1. The molecule has 8 nitrogen and oxygen atoms in total. The van der Waals surface area contributed by atoms with Gasteiger partial charge in [-0.15, -0.1) is 0 Å². The smallest absolute Gasteiger partial charge is 0.270 e. The van der Waals surface area contributed by atoms with Crippen molar-refractivity contribution in [3.63, 3.8) is 0 Å². The molecule has 4 rings (SSSR count). The van der Waals surface area contributed by atoms with E-state index in [2.05, 4.69) is 29.2 Å². The number of likely N-dealkylation sites (N-methyl/N-ethyl adjacent to an activating group) is 1. The number of amides is 1. The van der Waals surface area contributed by atoms with Crippen LogP contribution in [-0.2, 0) is 22.6 Å². The van der Waals surface area contributed by atoms with Crippen molar-refractivity contribution >= 4 is 28.2 Å². The lowest BCUT2D eigenvalue weighted by molar-refractivity contribution is -0.384. The van der Waals surface area contributed by atoms with Crippen molar-refractivity contribution in [3.05, 3.63) is 70.4 Å². The summed E-state index contributed by atoms with van der Waals surface area (Å²) in [5, 5.41) is 11.7. The average molecular weight is 408 g/mol. The van der Waals surface area contributed by atoms with E-state index in [0.717, 1.165) is 42.8 Å². The summed E-state index contributed by atoms with van der Waals surface area (Å²) in [7, 11) is 1.79. The predicted molar refractivity (Wildman–Crippen MR) is 115 cm³/mol. The fourth-order valence-corrected chi connectivity index (χ4v) is 3.70. The van der Waals surface area contributed by atoms with Gasteiger partial charge in [0.2, 0.25) is 5.91 Å². The molecule has 8 heteroatoms. The Hall–Kier alpha value is -3.39. The molecule has 0 unspecified atom stereocenters. The minimum absolute atomic E-state index is 0.0249. The number of aromatic nitrogens is 1. The second kappa shape index (κ2) is 8.54. The number of nitrogens with zero attached hydrogens (tertiary/aromatic N) is 4. The summed E-state index contributed by atoms with van der Waals surface area (Å²) in [5.74, 6) is -0.0249. The molecule has 0 aliphatic carbocycles. The Morgan fingerprint density at radius 1 is 1.13 bits per heavy atom. The largest absolute Gasteiger partial charge is 0.378 e. The maximum Gasteiger partial charge on any atom is 0.270 e. The van der Waals surface area contributed by atoms with Crippen molar-refractivity contribution in [1.29, 1.82) is 0 Å². The molecular formula is C22H24N4O4. The molecular weight excluding hydrogens is 384 g/mol. The molecule has 1 aliphatic heterocycles. The maximum atomic E-state index is 12.7. The number of carbonyl (C=O) groups is 1. The van der Waals surface area contributed by atoms with Crippen molar-refractivity contribution in [2.75, 3.05) is 38.3 Å². The minimum Gasteiger partial charge on any atom is -0.378 e. The number of rotatable bonds is 6. The molecule has 2 aromatic carbocycles. The second-order valence-electron chi connectivity index (χ2n) is 7.46. The Morgan fingerprint density at radius 3 is 2.57 bits per heavy atom. The molecule has 2 heterocycles. The summed E-state index contributed by atoms with van der Waals surface area (Å²) in [6, 6.07) is 14.7. The number of ether oxygens (including phenoxy) is 1. The van der Waals surface area contributed by atoms with Gasteiger partial charge in [-0.25, -0.2) is 0 Å². The van der Waals surface area contributed by atoms with E-state index in [9.17, 15) is 14.9 Å². The number of hydrogen-bond donors (Lipinski definition) is 0.